The molecule has 3 aliphatic rings. The second-order valence-electron chi connectivity index (χ2n) is 7.27. The smallest absolute Gasteiger partial charge is 0.269 e. The minimum absolute atomic E-state index is 0.00312. The van der Waals surface area contributed by atoms with E-state index in [4.69, 9.17) is 16.1 Å². The first-order valence-corrected chi connectivity index (χ1v) is 8.65. The Balaban J connectivity index is 1.72. The molecule has 2 aromatic rings. The summed E-state index contributed by atoms with van der Waals surface area (Å²) in [5, 5.41) is 8.06. The van der Waals surface area contributed by atoms with Gasteiger partial charge in [-0.25, -0.2) is 8.78 Å². The van der Waals surface area contributed by atoms with E-state index in [-0.39, 0.29) is 27.7 Å². The first kappa shape index (κ1) is 16.1. The molecule has 7 heteroatoms. The molecule has 5 rings (SSSR count). The van der Waals surface area contributed by atoms with Crippen molar-refractivity contribution >= 4 is 28.4 Å². The SMILES string of the molecule is CC1(C)[C@H](Nc2noc3c(C(F)F)c(Cl)ccc23)C2CCN1CC2. The van der Waals surface area contributed by atoms with Crippen LogP contribution < -0.4 is 5.32 Å². The molecular weight excluding hydrogens is 336 g/mol. The van der Waals surface area contributed by atoms with Gasteiger partial charge in [-0.3, -0.25) is 4.90 Å². The Morgan fingerprint density at radius 3 is 2.67 bits per heavy atom. The lowest BCUT2D eigenvalue weighted by Gasteiger charge is -2.56. The van der Waals surface area contributed by atoms with Crippen molar-refractivity contribution in [1.29, 1.82) is 0 Å². The Kier molecular flexibility index (Phi) is 3.73. The Hall–Kier alpha value is -1.40. The van der Waals surface area contributed by atoms with Gasteiger partial charge in [-0.05, 0) is 57.8 Å². The van der Waals surface area contributed by atoms with E-state index in [1.54, 1.807) is 6.07 Å². The fourth-order valence-corrected chi connectivity index (χ4v) is 4.56. The molecule has 1 N–H and O–H groups in total. The topological polar surface area (TPSA) is 41.3 Å². The van der Waals surface area contributed by atoms with Gasteiger partial charge in [0.25, 0.3) is 6.43 Å². The van der Waals surface area contributed by atoms with Gasteiger partial charge in [0.15, 0.2) is 11.4 Å². The number of nitrogens with zero attached hydrogens (tertiary/aromatic N) is 2. The third kappa shape index (κ3) is 2.30. The van der Waals surface area contributed by atoms with Gasteiger partial charge in [-0.1, -0.05) is 16.8 Å². The van der Waals surface area contributed by atoms with Gasteiger partial charge in [0, 0.05) is 11.6 Å². The number of rotatable bonds is 3. The fraction of sp³-hybridized carbons (Fsp3) is 0.588. The van der Waals surface area contributed by atoms with Crippen molar-refractivity contribution in [1.82, 2.24) is 10.1 Å². The summed E-state index contributed by atoms with van der Waals surface area (Å²) in [7, 11) is 0. The Morgan fingerprint density at radius 1 is 1.33 bits per heavy atom. The lowest BCUT2D eigenvalue weighted by molar-refractivity contribution is -0.0189. The van der Waals surface area contributed by atoms with Crippen molar-refractivity contribution < 1.29 is 13.3 Å². The molecule has 0 spiro atoms. The average molecular weight is 356 g/mol. The number of alkyl halides is 2. The van der Waals surface area contributed by atoms with E-state index in [1.807, 2.05) is 0 Å². The molecule has 130 valence electrons. The van der Waals surface area contributed by atoms with Crippen molar-refractivity contribution in [2.45, 2.75) is 44.7 Å². The Labute approximate surface area is 144 Å². The lowest BCUT2D eigenvalue weighted by atomic mass is 9.72. The van der Waals surface area contributed by atoms with Gasteiger partial charge >= 0.3 is 0 Å². The Morgan fingerprint density at radius 2 is 2.04 bits per heavy atom. The van der Waals surface area contributed by atoms with Crippen molar-refractivity contribution in [2.24, 2.45) is 5.92 Å². The van der Waals surface area contributed by atoms with Gasteiger partial charge in [0.05, 0.1) is 16.0 Å². The number of halogens is 3. The first-order valence-electron chi connectivity index (χ1n) is 8.27. The van der Waals surface area contributed by atoms with E-state index in [2.05, 4.69) is 29.2 Å². The summed E-state index contributed by atoms with van der Waals surface area (Å²) in [6.45, 7) is 6.67. The van der Waals surface area contributed by atoms with E-state index < -0.39 is 6.43 Å². The molecule has 0 amide bonds. The van der Waals surface area contributed by atoms with Crippen LogP contribution in [-0.4, -0.2) is 34.7 Å². The van der Waals surface area contributed by atoms with Crippen LogP contribution in [0.15, 0.2) is 16.7 Å². The molecule has 0 radical (unpaired) electrons. The summed E-state index contributed by atoms with van der Waals surface area (Å²) in [5.41, 5.74) is -0.230. The lowest BCUT2D eigenvalue weighted by Crippen LogP contribution is -2.66. The molecule has 1 aromatic heterocycles. The van der Waals surface area contributed by atoms with Crippen LogP contribution in [0.2, 0.25) is 5.02 Å². The highest BCUT2D eigenvalue weighted by Gasteiger charge is 2.48. The maximum absolute atomic E-state index is 13.3. The van der Waals surface area contributed by atoms with Crippen LogP contribution in [0.4, 0.5) is 14.6 Å². The van der Waals surface area contributed by atoms with Crippen LogP contribution in [0.1, 0.15) is 38.7 Å². The third-order valence-electron chi connectivity index (χ3n) is 5.72. The summed E-state index contributed by atoms with van der Waals surface area (Å²) < 4.78 is 31.8. The van der Waals surface area contributed by atoms with E-state index >= 15 is 0 Å². The van der Waals surface area contributed by atoms with Crippen LogP contribution >= 0.6 is 11.6 Å². The zero-order valence-electron chi connectivity index (χ0n) is 13.7. The van der Waals surface area contributed by atoms with Crippen molar-refractivity contribution in [3.05, 3.63) is 22.7 Å². The monoisotopic (exact) mass is 355 g/mol. The molecule has 2 bridgehead atoms. The van der Waals surface area contributed by atoms with Gasteiger partial charge in [-0.15, -0.1) is 0 Å². The van der Waals surface area contributed by atoms with Gasteiger partial charge in [0.2, 0.25) is 0 Å². The molecule has 4 nitrogen and oxygen atoms in total. The predicted octanol–water partition coefficient (Wildman–Crippen LogP) is 4.70. The van der Waals surface area contributed by atoms with Gasteiger partial charge < -0.3 is 9.84 Å². The molecular formula is C17H20ClF2N3O. The number of hydrogen-bond donors (Lipinski definition) is 1. The summed E-state index contributed by atoms with van der Waals surface area (Å²) in [5.74, 6) is 1.08. The van der Waals surface area contributed by atoms with Crippen LogP contribution in [0.5, 0.6) is 0 Å². The van der Waals surface area contributed by atoms with Crippen molar-refractivity contribution in [3.63, 3.8) is 0 Å². The summed E-state index contributed by atoms with van der Waals surface area (Å²) >= 11 is 5.90. The molecule has 1 atom stereocenters. The molecule has 0 saturated carbocycles. The second-order valence-corrected chi connectivity index (χ2v) is 7.68. The molecule has 0 unspecified atom stereocenters. The number of anilines is 1. The van der Waals surface area contributed by atoms with E-state index in [1.165, 1.54) is 6.07 Å². The number of aromatic nitrogens is 1. The maximum Gasteiger partial charge on any atom is 0.269 e. The summed E-state index contributed by atoms with van der Waals surface area (Å²) in [6, 6.07) is 3.38. The molecule has 24 heavy (non-hydrogen) atoms. The molecule has 4 heterocycles. The zero-order chi connectivity index (χ0) is 17.1. The molecule has 3 fully saturated rings. The van der Waals surface area contributed by atoms with Gasteiger partial charge in [0.1, 0.15) is 0 Å². The second kappa shape index (κ2) is 5.56. The van der Waals surface area contributed by atoms with Crippen LogP contribution in [-0.2, 0) is 0 Å². The highest BCUT2D eigenvalue weighted by atomic mass is 35.5. The van der Waals surface area contributed by atoms with E-state index in [0.717, 1.165) is 25.9 Å². The number of piperidine rings is 3. The third-order valence-corrected chi connectivity index (χ3v) is 6.05. The minimum atomic E-state index is -2.70. The first-order chi connectivity index (χ1) is 11.4. The standard InChI is InChI=1S/C17H20ClF2N3O/c1-17(2)14(9-5-7-23(17)8-6-9)21-16-10-3-4-11(18)12(15(19)20)13(10)24-22-16/h3-4,9,14-15H,5-8H2,1-2H3,(H,21,22)/t14-/m1/s1. The molecule has 0 aliphatic carbocycles. The van der Waals surface area contributed by atoms with Crippen molar-refractivity contribution in [3.8, 4) is 0 Å². The fourth-order valence-electron chi connectivity index (χ4n) is 4.33. The normalized spacial score (nSPS) is 28.7. The van der Waals surface area contributed by atoms with Crippen LogP contribution in [0.25, 0.3) is 11.0 Å². The highest BCUT2D eigenvalue weighted by Crippen LogP contribution is 2.42. The Bertz CT molecular complexity index is 769. The molecule has 3 aliphatic heterocycles. The molecule has 3 saturated heterocycles. The summed E-state index contributed by atoms with van der Waals surface area (Å²) in [4.78, 5) is 2.48. The molecule has 1 aromatic carbocycles. The van der Waals surface area contributed by atoms with E-state index in [0.29, 0.717) is 17.1 Å². The maximum atomic E-state index is 13.3. The zero-order valence-corrected chi connectivity index (χ0v) is 14.4. The quantitative estimate of drug-likeness (QED) is 0.866. The van der Waals surface area contributed by atoms with Crippen LogP contribution in [0, 0.1) is 5.92 Å². The van der Waals surface area contributed by atoms with Gasteiger partial charge in [-0.2, -0.15) is 0 Å². The average Bonchev–Trinajstić information content (AvgIpc) is 2.93. The van der Waals surface area contributed by atoms with E-state index in [9.17, 15) is 8.78 Å². The number of benzene rings is 1. The number of fused-ring (bicyclic) bond motifs is 4. The highest BCUT2D eigenvalue weighted by molar-refractivity contribution is 6.32. The minimum Gasteiger partial charge on any atom is -0.362 e. The largest absolute Gasteiger partial charge is 0.362 e. The summed E-state index contributed by atoms with van der Waals surface area (Å²) in [6.07, 6.45) is -0.411. The van der Waals surface area contributed by atoms with Crippen LogP contribution in [0.3, 0.4) is 0 Å². The number of nitrogens with one attached hydrogen (secondary N) is 1. The van der Waals surface area contributed by atoms with Crippen molar-refractivity contribution in [2.75, 3.05) is 18.4 Å². The number of hydrogen-bond acceptors (Lipinski definition) is 4. The predicted molar refractivity (Wildman–Crippen MR) is 89.8 cm³/mol.